The minimum absolute atomic E-state index is 0.0558. The third kappa shape index (κ3) is 5.38. The molecule has 3 N–H and O–H groups in total. The molecule has 2 rings (SSSR count). The van der Waals surface area contributed by atoms with Gasteiger partial charge < -0.3 is 5.32 Å². The van der Waals surface area contributed by atoms with Crippen molar-refractivity contribution in [2.24, 2.45) is 0 Å². The van der Waals surface area contributed by atoms with Crippen molar-refractivity contribution in [3.8, 4) is 0 Å². The van der Waals surface area contributed by atoms with Crippen molar-refractivity contribution in [3.63, 3.8) is 0 Å². The summed E-state index contributed by atoms with van der Waals surface area (Å²) in [6.45, 7) is 2.38. The lowest BCUT2D eigenvalue weighted by Crippen LogP contribution is -2.49. The predicted molar refractivity (Wildman–Crippen MR) is 93.7 cm³/mol. The molecule has 0 spiro atoms. The normalized spacial score (nSPS) is 18.6. The Balaban J connectivity index is 2.05. The van der Waals surface area contributed by atoms with E-state index < -0.39 is 21.8 Å². The molecule has 0 radical (unpaired) electrons. The summed E-state index contributed by atoms with van der Waals surface area (Å²) < 4.78 is 23.0. The first kappa shape index (κ1) is 19.1. The number of benzene rings is 1. The molecule has 25 heavy (non-hydrogen) atoms. The van der Waals surface area contributed by atoms with Crippen LogP contribution >= 0.6 is 0 Å². The molecular weight excluding hydrogens is 346 g/mol. The molecule has 2 amide bonds. The summed E-state index contributed by atoms with van der Waals surface area (Å²) in [6.07, 6.45) is 2.61. The van der Waals surface area contributed by atoms with Crippen LogP contribution in [0.1, 0.15) is 12.5 Å². The quantitative estimate of drug-likeness (QED) is 0.391. The number of hydrogen-bond donors (Lipinski definition) is 3. The van der Waals surface area contributed by atoms with Gasteiger partial charge in [-0.2, -0.15) is 0 Å². The van der Waals surface area contributed by atoms with Crippen molar-refractivity contribution < 1.29 is 23.2 Å². The van der Waals surface area contributed by atoms with Crippen LogP contribution in [0.2, 0.25) is 0 Å². The number of anilines is 1. The van der Waals surface area contributed by atoms with E-state index in [1.165, 1.54) is 11.6 Å². The third-order valence-electron chi connectivity index (χ3n) is 4.05. The van der Waals surface area contributed by atoms with Gasteiger partial charge in [-0.1, -0.05) is 18.2 Å². The Morgan fingerprint density at radius 1 is 1.24 bits per heavy atom. The van der Waals surface area contributed by atoms with Crippen LogP contribution in [-0.4, -0.2) is 61.0 Å². The number of nitrogens with zero attached hydrogens (tertiary/aromatic N) is 1. The number of hydrogen-bond acceptors (Lipinski definition) is 6. The Kier molecular flexibility index (Phi) is 6.29. The van der Waals surface area contributed by atoms with Crippen LogP contribution in [-0.2, 0) is 19.4 Å². The summed E-state index contributed by atoms with van der Waals surface area (Å²) in [6, 6.07) is 6.44. The molecule has 0 aliphatic carbocycles. The number of carbonyl (C=O) groups excluding carboxylic acids is 2. The maximum Gasteiger partial charge on any atom is 0.267 e. The molecule has 8 nitrogen and oxygen atoms in total. The van der Waals surface area contributed by atoms with Gasteiger partial charge in [-0.15, -0.1) is 0 Å². The lowest BCUT2D eigenvalue weighted by atomic mass is 10.1. The van der Waals surface area contributed by atoms with Gasteiger partial charge in [0.1, 0.15) is 0 Å². The van der Waals surface area contributed by atoms with E-state index in [0.29, 0.717) is 24.3 Å². The van der Waals surface area contributed by atoms with Crippen molar-refractivity contribution in [2.45, 2.75) is 13.0 Å². The molecule has 1 heterocycles. The second kappa shape index (κ2) is 8.24. The van der Waals surface area contributed by atoms with Gasteiger partial charge in [-0.3, -0.25) is 19.7 Å². The summed E-state index contributed by atoms with van der Waals surface area (Å²) in [4.78, 5) is 25.4. The van der Waals surface area contributed by atoms with Crippen molar-refractivity contribution in [2.75, 3.05) is 29.9 Å². The minimum atomic E-state index is -3.00. The third-order valence-corrected chi connectivity index (χ3v) is 5.66. The van der Waals surface area contributed by atoms with Crippen molar-refractivity contribution in [3.05, 3.63) is 35.9 Å². The van der Waals surface area contributed by atoms with E-state index in [9.17, 15) is 18.0 Å². The molecule has 1 aliphatic rings. The molecule has 1 aromatic rings. The summed E-state index contributed by atoms with van der Waals surface area (Å²) in [5.74, 6) is -0.823. The van der Waals surface area contributed by atoms with E-state index in [2.05, 4.69) is 5.32 Å². The maximum atomic E-state index is 12.5. The van der Waals surface area contributed by atoms with Crippen LogP contribution in [0.25, 0.3) is 6.08 Å². The zero-order valence-electron chi connectivity index (χ0n) is 13.8. The molecule has 0 bridgehead atoms. The van der Waals surface area contributed by atoms with Gasteiger partial charge in [-0.05, 0) is 24.6 Å². The van der Waals surface area contributed by atoms with Gasteiger partial charge in [0.05, 0.1) is 17.5 Å². The number of carbonyl (C=O) groups is 2. The molecule has 1 fully saturated rings. The number of para-hydroxylation sites is 1. The highest BCUT2D eigenvalue weighted by Crippen LogP contribution is 2.18. The van der Waals surface area contributed by atoms with Crippen LogP contribution in [0.5, 0.6) is 0 Å². The van der Waals surface area contributed by atoms with Gasteiger partial charge >= 0.3 is 0 Å². The van der Waals surface area contributed by atoms with Gasteiger partial charge in [0.2, 0.25) is 5.91 Å². The Hall–Kier alpha value is -2.23. The van der Waals surface area contributed by atoms with E-state index in [0.717, 1.165) is 6.08 Å². The van der Waals surface area contributed by atoms with Gasteiger partial charge in [0.15, 0.2) is 9.84 Å². The molecule has 9 heteroatoms. The number of amides is 2. The SMILES string of the molecule is CC(C(=O)Nc1ccccc1/C=C/C(=O)NO)N1CCS(=O)(=O)CC1. The molecule has 1 atom stereocenters. The first-order valence-corrected chi connectivity index (χ1v) is 9.61. The smallest absolute Gasteiger partial charge is 0.267 e. The second-order valence-electron chi connectivity index (χ2n) is 5.75. The van der Waals surface area contributed by atoms with E-state index in [1.54, 1.807) is 31.2 Å². The summed E-state index contributed by atoms with van der Waals surface area (Å²) in [5.41, 5.74) is 2.62. The lowest BCUT2D eigenvalue weighted by molar-refractivity contribution is -0.124. The van der Waals surface area contributed by atoms with Crippen LogP contribution < -0.4 is 10.8 Å². The summed E-state index contributed by atoms with van der Waals surface area (Å²) in [5, 5.41) is 11.3. The van der Waals surface area contributed by atoms with Gasteiger partial charge in [-0.25, -0.2) is 13.9 Å². The van der Waals surface area contributed by atoms with Crippen molar-refractivity contribution in [1.29, 1.82) is 0 Å². The maximum absolute atomic E-state index is 12.5. The summed E-state index contributed by atoms with van der Waals surface area (Å²) >= 11 is 0. The monoisotopic (exact) mass is 367 g/mol. The Morgan fingerprint density at radius 2 is 1.88 bits per heavy atom. The molecule has 1 aromatic carbocycles. The van der Waals surface area contributed by atoms with E-state index in [1.807, 2.05) is 4.90 Å². The average molecular weight is 367 g/mol. The Labute approximate surface area is 146 Å². The topological polar surface area (TPSA) is 116 Å². The van der Waals surface area contributed by atoms with E-state index in [-0.39, 0.29) is 17.4 Å². The molecule has 136 valence electrons. The number of hydroxylamine groups is 1. The molecule has 1 saturated heterocycles. The highest BCUT2D eigenvalue weighted by atomic mass is 32.2. The zero-order valence-corrected chi connectivity index (χ0v) is 14.6. The summed E-state index contributed by atoms with van der Waals surface area (Å²) in [7, 11) is -3.00. The molecule has 0 saturated carbocycles. The highest BCUT2D eigenvalue weighted by Gasteiger charge is 2.28. The fraction of sp³-hybridized carbons (Fsp3) is 0.375. The first-order valence-electron chi connectivity index (χ1n) is 7.79. The zero-order chi connectivity index (χ0) is 18.4. The van der Waals surface area contributed by atoms with Crippen molar-refractivity contribution in [1.82, 2.24) is 10.4 Å². The number of rotatable bonds is 5. The van der Waals surface area contributed by atoms with Crippen LogP contribution in [0, 0.1) is 0 Å². The fourth-order valence-electron chi connectivity index (χ4n) is 2.48. The predicted octanol–water partition coefficient (Wildman–Crippen LogP) is 0.263. The van der Waals surface area contributed by atoms with Crippen LogP contribution in [0.3, 0.4) is 0 Å². The van der Waals surface area contributed by atoms with E-state index in [4.69, 9.17) is 5.21 Å². The van der Waals surface area contributed by atoms with Gasteiger partial charge in [0.25, 0.3) is 5.91 Å². The number of sulfone groups is 1. The van der Waals surface area contributed by atoms with Crippen LogP contribution in [0.4, 0.5) is 5.69 Å². The lowest BCUT2D eigenvalue weighted by Gasteiger charge is -2.31. The Morgan fingerprint density at radius 3 is 2.52 bits per heavy atom. The molecule has 1 unspecified atom stereocenters. The largest absolute Gasteiger partial charge is 0.324 e. The standard InChI is InChI=1S/C16H21N3O5S/c1-12(19-8-10-25(23,24)11-9-19)16(21)17-14-5-3-2-4-13(14)6-7-15(20)18-22/h2-7,12,22H,8-11H2,1H3,(H,17,21)(H,18,20)/b7-6+. The van der Waals surface area contributed by atoms with E-state index >= 15 is 0 Å². The first-order chi connectivity index (χ1) is 11.8. The second-order valence-corrected chi connectivity index (χ2v) is 8.05. The highest BCUT2D eigenvalue weighted by molar-refractivity contribution is 7.91. The Bertz CT molecular complexity index is 762. The fourth-order valence-corrected chi connectivity index (χ4v) is 3.71. The number of nitrogens with one attached hydrogen (secondary N) is 2. The minimum Gasteiger partial charge on any atom is -0.324 e. The molecule has 1 aliphatic heterocycles. The average Bonchev–Trinajstić information content (AvgIpc) is 2.60. The van der Waals surface area contributed by atoms with Crippen molar-refractivity contribution >= 4 is 33.4 Å². The molecule has 0 aromatic heterocycles. The van der Waals surface area contributed by atoms with Gasteiger partial charge in [0, 0.05) is 24.9 Å². The van der Waals surface area contributed by atoms with Crippen LogP contribution in [0.15, 0.2) is 30.3 Å². The molecular formula is C16H21N3O5S.